The summed E-state index contributed by atoms with van der Waals surface area (Å²) in [7, 11) is 0. The fourth-order valence-corrected chi connectivity index (χ4v) is 5.18. The average Bonchev–Trinajstić information content (AvgIpc) is 3.37. The van der Waals surface area contributed by atoms with Crippen molar-refractivity contribution < 1.29 is 14.9 Å². The molecule has 0 bridgehead atoms. The SMILES string of the molecule is OCCOc1ccn2c(Cc3ccc4nc(NC5CCCCC5O)sc4c3)cnc2c1. The lowest BCUT2D eigenvalue weighted by Gasteiger charge is -2.27. The van der Waals surface area contributed by atoms with E-state index in [9.17, 15) is 5.11 Å². The third kappa shape index (κ3) is 4.37. The second-order valence-corrected chi connectivity index (χ2v) is 9.04. The van der Waals surface area contributed by atoms with Gasteiger partial charge in [-0.1, -0.05) is 30.2 Å². The number of anilines is 1. The number of aromatic nitrogens is 3. The van der Waals surface area contributed by atoms with E-state index in [-0.39, 0.29) is 25.4 Å². The molecule has 7 nitrogen and oxygen atoms in total. The van der Waals surface area contributed by atoms with Gasteiger partial charge in [0.1, 0.15) is 18.0 Å². The molecule has 3 heterocycles. The molecule has 0 radical (unpaired) electrons. The number of nitrogens with zero attached hydrogens (tertiary/aromatic N) is 3. The molecule has 1 saturated carbocycles. The van der Waals surface area contributed by atoms with Gasteiger partial charge in [0.15, 0.2) is 5.13 Å². The molecule has 0 aliphatic heterocycles. The van der Waals surface area contributed by atoms with Crippen LogP contribution in [0.3, 0.4) is 0 Å². The van der Waals surface area contributed by atoms with Crippen LogP contribution in [0.4, 0.5) is 5.13 Å². The summed E-state index contributed by atoms with van der Waals surface area (Å²) >= 11 is 1.64. The number of benzene rings is 1. The number of hydrogen-bond donors (Lipinski definition) is 3. The minimum absolute atomic E-state index is 0.0105. The molecule has 0 spiro atoms. The summed E-state index contributed by atoms with van der Waals surface area (Å²) in [6.45, 7) is 0.262. The summed E-state index contributed by atoms with van der Waals surface area (Å²) < 4.78 is 8.67. The van der Waals surface area contributed by atoms with Gasteiger partial charge in [0.2, 0.25) is 0 Å². The molecule has 0 amide bonds. The van der Waals surface area contributed by atoms with E-state index in [1.54, 1.807) is 11.3 Å². The number of ether oxygens (including phenoxy) is 1. The van der Waals surface area contributed by atoms with Gasteiger partial charge in [0.05, 0.1) is 29.0 Å². The molecule has 5 rings (SSSR count). The molecule has 0 saturated heterocycles. The van der Waals surface area contributed by atoms with Crippen LogP contribution < -0.4 is 10.1 Å². The fourth-order valence-electron chi connectivity index (χ4n) is 4.19. The zero-order valence-corrected chi connectivity index (χ0v) is 18.0. The maximum Gasteiger partial charge on any atom is 0.184 e. The van der Waals surface area contributed by atoms with Gasteiger partial charge in [-0.2, -0.15) is 0 Å². The molecule has 31 heavy (non-hydrogen) atoms. The lowest BCUT2D eigenvalue weighted by Crippen LogP contribution is -2.36. The maximum atomic E-state index is 10.2. The Labute approximate surface area is 184 Å². The Morgan fingerprint density at radius 3 is 2.97 bits per heavy atom. The Balaban J connectivity index is 1.33. The van der Waals surface area contributed by atoms with Crippen molar-refractivity contribution in [3.05, 3.63) is 54.0 Å². The van der Waals surface area contributed by atoms with E-state index < -0.39 is 0 Å². The van der Waals surface area contributed by atoms with Crippen molar-refractivity contribution in [2.75, 3.05) is 18.5 Å². The molecule has 3 aromatic heterocycles. The Bertz CT molecular complexity index is 1190. The summed E-state index contributed by atoms with van der Waals surface area (Å²) in [5.41, 5.74) is 4.09. The van der Waals surface area contributed by atoms with Gasteiger partial charge >= 0.3 is 0 Å². The van der Waals surface area contributed by atoms with E-state index in [1.165, 1.54) is 5.56 Å². The lowest BCUT2D eigenvalue weighted by molar-refractivity contribution is 0.116. The number of aliphatic hydroxyl groups excluding tert-OH is 2. The van der Waals surface area contributed by atoms with Crippen LogP contribution in [0, 0.1) is 0 Å². The minimum atomic E-state index is -0.291. The van der Waals surface area contributed by atoms with Gasteiger partial charge in [0, 0.05) is 30.6 Å². The van der Waals surface area contributed by atoms with Crippen LogP contribution in [0.15, 0.2) is 42.7 Å². The summed E-state index contributed by atoms with van der Waals surface area (Å²) in [6, 6.07) is 10.2. The highest BCUT2D eigenvalue weighted by molar-refractivity contribution is 7.22. The predicted octanol–water partition coefficient (Wildman–Crippen LogP) is 3.62. The van der Waals surface area contributed by atoms with E-state index in [4.69, 9.17) is 14.8 Å². The molecule has 2 unspecified atom stereocenters. The molecule has 1 fully saturated rings. The molecule has 2 atom stereocenters. The molecule has 1 aliphatic carbocycles. The third-order valence-electron chi connectivity index (χ3n) is 5.80. The average molecular weight is 439 g/mol. The largest absolute Gasteiger partial charge is 0.491 e. The maximum absolute atomic E-state index is 10.2. The fraction of sp³-hybridized carbons (Fsp3) is 0.391. The number of hydrogen-bond acceptors (Lipinski definition) is 7. The zero-order valence-electron chi connectivity index (χ0n) is 17.2. The summed E-state index contributed by atoms with van der Waals surface area (Å²) in [6.07, 6.45) is 8.41. The number of aliphatic hydroxyl groups is 2. The van der Waals surface area contributed by atoms with E-state index in [2.05, 4.69) is 32.9 Å². The number of rotatable bonds is 7. The Kier molecular flexibility index (Phi) is 5.76. The van der Waals surface area contributed by atoms with Crippen LogP contribution in [0.25, 0.3) is 15.9 Å². The van der Waals surface area contributed by atoms with Crippen LogP contribution in [0.2, 0.25) is 0 Å². The monoisotopic (exact) mass is 438 g/mol. The first-order chi connectivity index (χ1) is 15.2. The van der Waals surface area contributed by atoms with Gasteiger partial charge in [-0.15, -0.1) is 0 Å². The van der Waals surface area contributed by atoms with Crippen molar-refractivity contribution >= 4 is 32.3 Å². The van der Waals surface area contributed by atoms with Crippen molar-refractivity contribution in [1.29, 1.82) is 0 Å². The summed E-state index contributed by atoms with van der Waals surface area (Å²) in [5, 5.41) is 23.5. The van der Waals surface area contributed by atoms with Crippen LogP contribution in [-0.4, -0.2) is 49.9 Å². The minimum Gasteiger partial charge on any atom is -0.491 e. The van der Waals surface area contributed by atoms with Crippen LogP contribution >= 0.6 is 11.3 Å². The second-order valence-electron chi connectivity index (χ2n) is 8.01. The highest BCUT2D eigenvalue weighted by atomic mass is 32.1. The molecule has 3 N–H and O–H groups in total. The topological polar surface area (TPSA) is 91.9 Å². The van der Waals surface area contributed by atoms with Gasteiger partial charge in [0.25, 0.3) is 0 Å². The normalized spacial score (nSPS) is 19.2. The smallest absolute Gasteiger partial charge is 0.184 e. The lowest BCUT2D eigenvalue weighted by atomic mass is 9.93. The number of pyridine rings is 1. The van der Waals surface area contributed by atoms with Crippen LogP contribution in [0.1, 0.15) is 36.9 Å². The van der Waals surface area contributed by atoms with Crippen molar-refractivity contribution in [3.8, 4) is 5.75 Å². The predicted molar refractivity (Wildman–Crippen MR) is 122 cm³/mol. The summed E-state index contributed by atoms with van der Waals surface area (Å²) in [5.74, 6) is 0.702. The quantitative estimate of drug-likeness (QED) is 0.408. The first-order valence-electron chi connectivity index (χ1n) is 10.7. The highest BCUT2D eigenvalue weighted by Gasteiger charge is 2.23. The zero-order chi connectivity index (χ0) is 21.2. The molecule has 4 aromatic rings. The summed E-state index contributed by atoms with van der Waals surface area (Å²) in [4.78, 5) is 9.21. The first kappa shape index (κ1) is 20.2. The highest BCUT2D eigenvalue weighted by Crippen LogP contribution is 2.30. The Morgan fingerprint density at radius 1 is 1.19 bits per heavy atom. The number of nitrogens with one attached hydrogen (secondary N) is 1. The standard InChI is InChI=1S/C23H26N4O3S/c28-9-10-30-17-7-8-27-16(14-24-22(27)13-17)11-15-5-6-19-21(12-15)31-23(26-19)25-18-3-1-2-4-20(18)29/h5-8,12-14,18,20,28-29H,1-4,9-11H2,(H,25,26). The molecular weight excluding hydrogens is 412 g/mol. The van der Waals surface area contributed by atoms with Gasteiger partial charge in [-0.25, -0.2) is 9.97 Å². The van der Waals surface area contributed by atoms with E-state index in [0.29, 0.717) is 5.75 Å². The number of fused-ring (bicyclic) bond motifs is 2. The van der Waals surface area contributed by atoms with Crippen molar-refractivity contribution in [2.45, 2.75) is 44.2 Å². The second kappa shape index (κ2) is 8.82. The van der Waals surface area contributed by atoms with Gasteiger partial charge in [-0.3, -0.25) is 0 Å². The third-order valence-corrected chi connectivity index (χ3v) is 6.75. The molecule has 1 aromatic carbocycles. The van der Waals surface area contributed by atoms with Crippen LogP contribution in [0.5, 0.6) is 5.75 Å². The Morgan fingerprint density at radius 2 is 2.10 bits per heavy atom. The molecule has 162 valence electrons. The molecular formula is C23H26N4O3S. The van der Waals surface area contributed by atoms with Crippen molar-refractivity contribution in [3.63, 3.8) is 0 Å². The van der Waals surface area contributed by atoms with E-state index in [1.807, 2.05) is 24.5 Å². The van der Waals surface area contributed by atoms with Crippen LogP contribution in [-0.2, 0) is 6.42 Å². The molecule has 8 heteroatoms. The van der Waals surface area contributed by atoms with E-state index >= 15 is 0 Å². The molecule has 1 aliphatic rings. The number of imidazole rings is 1. The van der Waals surface area contributed by atoms with Crippen molar-refractivity contribution in [2.24, 2.45) is 0 Å². The van der Waals surface area contributed by atoms with Gasteiger partial charge < -0.3 is 24.7 Å². The van der Waals surface area contributed by atoms with Crippen molar-refractivity contribution in [1.82, 2.24) is 14.4 Å². The first-order valence-corrected chi connectivity index (χ1v) is 11.5. The number of thiazole rings is 1. The van der Waals surface area contributed by atoms with E-state index in [0.717, 1.165) is 58.8 Å². The Hall–Kier alpha value is -2.68. The van der Waals surface area contributed by atoms with Gasteiger partial charge in [-0.05, 0) is 36.6 Å².